The lowest BCUT2D eigenvalue weighted by Gasteiger charge is -2.20. The standard InChI is InChI=1S/C19H24N4O2S/c1-2-8-21-17(24)14-4-3-5-15(11-14)18(25)23-19-22-12-16(26-19)13-6-9-20-10-7-13/h3-5,11-13,20H,2,6-10H2,1H3,(H,21,24)(H,22,23,25). The molecule has 1 aromatic heterocycles. The third-order valence-electron chi connectivity index (χ3n) is 4.41. The molecule has 1 aliphatic rings. The first-order valence-corrected chi connectivity index (χ1v) is 9.85. The van der Waals surface area contributed by atoms with E-state index in [1.807, 2.05) is 13.1 Å². The molecule has 2 heterocycles. The molecular formula is C19H24N4O2S. The molecule has 6 nitrogen and oxygen atoms in total. The first kappa shape index (κ1) is 18.5. The van der Waals surface area contributed by atoms with E-state index in [-0.39, 0.29) is 11.8 Å². The topological polar surface area (TPSA) is 83.1 Å². The van der Waals surface area contributed by atoms with Crippen molar-refractivity contribution in [2.75, 3.05) is 25.0 Å². The molecule has 2 aromatic rings. The van der Waals surface area contributed by atoms with Crippen molar-refractivity contribution in [1.29, 1.82) is 0 Å². The highest BCUT2D eigenvalue weighted by atomic mass is 32.1. The molecule has 138 valence electrons. The Balaban J connectivity index is 1.64. The minimum Gasteiger partial charge on any atom is -0.352 e. The Bertz CT molecular complexity index is 768. The largest absolute Gasteiger partial charge is 0.352 e. The highest BCUT2D eigenvalue weighted by Crippen LogP contribution is 2.31. The van der Waals surface area contributed by atoms with Crippen molar-refractivity contribution in [1.82, 2.24) is 15.6 Å². The number of aromatic nitrogens is 1. The Labute approximate surface area is 157 Å². The van der Waals surface area contributed by atoms with Crippen LogP contribution in [0.25, 0.3) is 0 Å². The molecule has 0 saturated carbocycles. The second kappa shape index (κ2) is 8.91. The predicted octanol–water partition coefficient (Wildman–Crippen LogP) is 3.00. The fraction of sp³-hybridized carbons (Fsp3) is 0.421. The third kappa shape index (κ3) is 4.68. The number of rotatable bonds is 6. The van der Waals surface area contributed by atoms with Crippen LogP contribution < -0.4 is 16.0 Å². The minimum absolute atomic E-state index is 0.163. The van der Waals surface area contributed by atoms with Crippen LogP contribution in [0.5, 0.6) is 0 Å². The Hall–Kier alpha value is -2.25. The van der Waals surface area contributed by atoms with Crippen molar-refractivity contribution in [3.05, 3.63) is 46.5 Å². The molecule has 1 aliphatic heterocycles. The zero-order chi connectivity index (χ0) is 18.4. The molecule has 1 aromatic carbocycles. The van der Waals surface area contributed by atoms with E-state index in [9.17, 15) is 9.59 Å². The number of nitrogens with zero attached hydrogens (tertiary/aromatic N) is 1. The van der Waals surface area contributed by atoms with Crippen LogP contribution in [0.15, 0.2) is 30.5 Å². The van der Waals surface area contributed by atoms with Gasteiger partial charge in [0.25, 0.3) is 11.8 Å². The number of hydrogen-bond acceptors (Lipinski definition) is 5. The van der Waals surface area contributed by atoms with Crippen LogP contribution in [0, 0.1) is 0 Å². The summed E-state index contributed by atoms with van der Waals surface area (Å²) >= 11 is 1.53. The van der Waals surface area contributed by atoms with Crippen LogP contribution >= 0.6 is 11.3 Å². The summed E-state index contributed by atoms with van der Waals surface area (Å²) in [6.07, 6.45) is 4.94. The molecule has 0 radical (unpaired) electrons. The van der Waals surface area contributed by atoms with Crippen molar-refractivity contribution in [3.63, 3.8) is 0 Å². The summed E-state index contributed by atoms with van der Waals surface area (Å²) in [4.78, 5) is 30.1. The monoisotopic (exact) mass is 372 g/mol. The second-order valence-electron chi connectivity index (χ2n) is 6.38. The van der Waals surface area contributed by atoms with Crippen LogP contribution in [0.4, 0.5) is 5.13 Å². The van der Waals surface area contributed by atoms with Crippen molar-refractivity contribution in [3.8, 4) is 0 Å². The number of nitrogens with one attached hydrogen (secondary N) is 3. The number of hydrogen-bond donors (Lipinski definition) is 3. The van der Waals surface area contributed by atoms with Gasteiger partial charge in [-0.25, -0.2) is 4.98 Å². The Kier molecular flexibility index (Phi) is 6.35. The van der Waals surface area contributed by atoms with Gasteiger partial charge in [-0.05, 0) is 56.5 Å². The van der Waals surface area contributed by atoms with E-state index in [1.165, 1.54) is 16.2 Å². The average molecular weight is 372 g/mol. The maximum Gasteiger partial charge on any atom is 0.257 e. The smallest absolute Gasteiger partial charge is 0.257 e. The molecule has 7 heteroatoms. The minimum atomic E-state index is -0.249. The molecule has 0 unspecified atom stereocenters. The second-order valence-corrected chi connectivity index (χ2v) is 7.45. The molecule has 1 saturated heterocycles. The quantitative estimate of drug-likeness (QED) is 0.728. The number of amides is 2. The Morgan fingerprint density at radius 2 is 1.96 bits per heavy atom. The van der Waals surface area contributed by atoms with E-state index in [0.29, 0.717) is 28.7 Å². The molecule has 3 N–H and O–H groups in total. The summed E-state index contributed by atoms with van der Waals surface area (Å²) in [6, 6.07) is 6.74. The Morgan fingerprint density at radius 1 is 1.23 bits per heavy atom. The summed E-state index contributed by atoms with van der Waals surface area (Å²) in [5, 5.41) is 9.62. The van der Waals surface area contributed by atoms with Gasteiger partial charge in [-0.2, -0.15) is 0 Å². The predicted molar refractivity (Wildman–Crippen MR) is 104 cm³/mol. The van der Waals surface area contributed by atoms with Crippen LogP contribution in [-0.2, 0) is 0 Å². The van der Waals surface area contributed by atoms with Crippen molar-refractivity contribution < 1.29 is 9.59 Å². The summed E-state index contributed by atoms with van der Waals surface area (Å²) in [7, 11) is 0. The number of carbonyl (C=O) groups excluding carboxylic acids is 2. The van der Waals surface area contributed by atoms with E-state index in [2.05, 4.69) is 20.9 Å². The van der Waals surface area contributed by atoms with Gasteiger partial charge >= 0.3 is 0 Å². The molecule has 0 spiro atoms. The third-order valence-corrected chi connectivity index (χ3v) is 5.48. The highest BCUT2D eigenvalue weighted by Gasteiger charge is 2.19. The molecular weight excluding hydrogens is 348 g/mol. The molecule has 26 heavy (non-hydrogen) atoms. The van der Waals surface area contributed by atoms with Gasteiger partial charge in [0.05, 0.1) is 0 Å². The van der Waals surface area contributed by atoms with E-state index >= 15 is 0 Å². The lowest BCUT2D eigenvalue weighted by Crippen LogP contribution is -2.26. The zero-order valence-electron chi connectivity index (χ0n) is 14.9. The van der Waals surface area contributed by atoms with Crippen LogP contribution in [-0.4, -0.2) is 36.4 Å². The van der Waals surface area contributed by atoms with Gasteiger partial charge in [0.2, 0.25) is 0 Å². The fourth-order valence-electron chi connectivity index (χ4n) is 2.95. The van der Waals surface area contributed by atoms with Gasteiger partial charge in [-0.1, -0.05) is 13.0 Å². The van der Waals surface area contributed by atoms with Gasteiger partial charge in [0.15, 0.2) is 5.13 Å². The van der Waals surface area contributed by atoms with Crippen molar-refractivity contribution in [2.24, 2.45) is 0 Å². The molecule has 1 fully saturated rings. The van der Waals surface area contributed by atoms with E-state index in [0.717, 1.165) is 32.4 Å². The van der Waals surface area contributed by atoms with E-state index < -0.39 is 0 Å². The first-order chi connectivity index (χ1) is 12.7. The average Bonchev–Trinajstić information content (AvgIpc) is 3.15. The number of piperidine rings is 1. The van der Waals surface area contributed by atoms with E-state index in [1.54, 1.807) is 24.3 Å². The zero-order valence-corrected chi connectivity index (χ0v) is 15.7. The first-order valence-electron chi connectivity index (χ1n) is 9.03. The lowest BCUT2D eigenvalue weighted by molar-refractivity contribution is 0.0953. The number of anilines is 1. The lowest BCUT2D eigenvalue weighted by atomic mass is 9.97. The van der Waals surface area contributed by atoms with Gasteiger partial charge in [0, 0.05) is 28.7 Å². The summed E-state index contributed by atoms with van der Waals surface area (Å²) < 4.78 is 0. The van der Waals surface area contributed by atoms with Crippen LogP contribution in [0.1, 0.15) is 57.7 Å². The van der Waals surface area contributed by atoms with E-state index in [4.69, 9.17) is 0 Å². The fourth-order valence-corrected chi connectivity index (χ4v) is 3.93. The Morgan fingerprint density at radius 3 is 2.69 bits per heavy atom. The molecule has 0 bridgehead atoms. The molecule has 0 atom stereocenters. The number of benzene rings is 1. The van der Waals surface area contributed by atoms with Gasteiger partial charge in [-0.3, -0.25) is 14.9 Å². The normalized spacial score (nSPS) is 14.8. The summed E-state index contributed by atoms with van der Waals surface area (Å²) in [5.41, 5.74) is 0.938. The molecule has 3 rings (SSSR count). The number of carbonyl (C=O) groups is 2. The maximum absolute atomic E-state index is 12.5. The highest BCUT2D eigenvalue weighted by molar-refractivity contribution is 7.15. The van der Waals surface area contributed by atoms with Crippen molar-refractivity contribution >= 4 is 28.3 Å². The van der Waals surface area contributed by atoms with Gasteiger partial charge in [0.1, 0.15) is 0 Å². The van der Waals surface area contributed by atoms with Gasteiger partial charge < -0.3 is 10.6 Å². The van der Waals surface area contributed by atoms with Gasteiger partial charge in [-0.15, -0.1) is 11.3 Å². The summed E-state index contributed by atoms with van der Waals surface area (Å²) in [5.74, 6) is 0.107. The maximum atomic E-state index is 12.5. The van der Waals surface area contributed by atoms with Crippen molar-refractivity contribution in [2.45, 2.75) is 32.1 Å². The molecule has 0 aliphatic carbocycles. The van der Waals surface area contributed by atoms with Crippen LogP contribution in [0.2, 0.25) is 0 Å². The summed E-state index contributed by atoms with van der Waals surface area (Å²) in [6.45, 7) is 4.67. The van der Waals surface area contributed by atoms with Crippen LogP contribution in [0.3, 0.4) is 0 Å². The number of thiazole rings is 1. The molecule has 2 amide bonds. The SMILES string of the molecule is CCCNC(=O)c1cccc(C(=O)Nc2ncc(C3CCNCC3)s2)c1.